The first kappa shape index (κ1) is 15.4. The molecule has 5 nitrogen and oxygen atoms in total. The first-order valence-corrected chi connectivity index (χ1v) is 7.33. The van der Waals surface area contributed by atoms with Gasteiger partial charge in [0.15, 0.2) is 0 Å². The van der Waals surface area contributed by atoms with E-state index in [0.29, 0.717) is 13.0 Å². The minimum atomic E-state index is -0.764. The Bertz CT molecular complexity index is 540. The molecule has 0 saturated heterocycles. The molecule has 5 heteroatoms. The first-order valence-electron chi connectivity index (χ1n) is 7.33. The Hall–Kier alpha value is -2.04. The second kappa shape index (κ2) is 7.11. The third-order valence-corrected chi connectivity index (χ3v) is 4.17. The molecule has 0 saturated carbocycles. The SMILES string of the molecule is CCC(C)[C@H](C(=O)O)[C@H](Cc1ccccc1)C1=NN=NC1. The van der Waals surface area contributed by atoms with Gasteiger partial charge in [-0.05, 0) is 23.1 Å². The van der Waals surface area contributed by atoms with Crippen LogP contribution in [0.25, 0.3) is 0 Å². The van der Waals surface area contributed by atoms with Crippen LogP contribution in [0.2, 0.25) is 0 Å². The molecule has 1 unspecified atom stereocenters. The fourth-order valence-electron chi connectivity index (χ4n) is 2.80. The molecule has 0 spiro atoms. The van der Waals surface area contributed by atoms with Crippen LogP contribution in [0.1, 0.15) is 25.8 Å². The van der Waals surface area contributed by atoms with Crippen molar-refractivity contribution in [1.82, 2.24) is 0 Å². The van der Waals surface area contributed by atoms with Crippen molar-refractivity contribution in [1.29, 1.82) is 0 Å². The molecule has 0 aliphatic carbocycles. The highest BCUT2D eigenvalue weighted by atomic mass is 16.4. The standard InChI is InChI=1S/C16H21N3O2/c1-3-11(2)15(16(20)21)13(14-10-17-19-18-14)9-12-7-5-4-6-8-12/h4-8,11,13,15H,3,9-10H2,1-2H3,(H,20,21)/t11?,13-,15+/m1/s1. The van der Waals surface area contributed by atoms with Crippen molar-refractivity contribution >= 4 is 11.7 Å². The molecular formula is C16H21N3O2. The molecular weight excluding hydrogens is 266 g/mol. The highest BCUT2D eigenvalue weighted by Crippen LogP contribution is 2.30. The predicted octanol–water partition coefficient (Wildman–Crippen LogP) is 3.41. The monoisotopic (exact) mass is 287 g/mol. The van der Waals surface area contributed by atoms with Crippen LogP contribution < -0.4 is 0 Å². The lowest BCUT2D eigenvalue weighted by atomic mass is 9.75. The summed E-state index contributed by atoms with van der Waals surface area (Å²) in [6, 6.07) is 9.94. The van der Waals surface area contributed by atoms with Crippen molar-refractivity contribution in [2.45, 2.75) is 26.7 Å². The van der Waals surface area contributed by atoms with Crippen LogP contribution in [0, 0.1) is 17.8 Å². The van der Waals surface area contributed by atoms with Crippen molar-refractivity contribution in [3.63, 3.8) is 0 Å². The summed E-state index contributed by atoms with van der Waals surface area (Å²) < 4.78 is 0. The van der Waals surface area contributed by atoms with Gasteiger partial charge in [-0.15, -0.1) is 5.10 Å². The van der Waals surface area contributed by atoms with Crippen LogP contribution in [-0.4, -0.2) is 23.3 Å². The van der Waals surface area contributed by atoms with Crippen molar-refractivity contribution < 1.29 is 9.90 Å². The molecule has 1 aliphatic rings. The zero-order chi connectivity index (χ0) is 15.2. The van der Waals surface area contributed by atoms with E-state index in [1.165, 1.54) is 0 Å². The smallest absolute Gasteiger partial charge is 0.307 e. The van der Waals surface area contributed by atoms with E-state index in [9.17, 15) is 9.90 Å². The van der Waals surface area contributed by atoms with Crippen LogP contribution in [0.5, 0.6) is 0 Å². The van der Waals surface area contributed by atoms with Gasteiger partial charge >= 0.3 is 5.97 Å². The molecule has 112 valence electrons. The number of benzene rings is 1. The average molecular weight is 287 g/mol. The summed E-state index contributed by atoms with van der Waals surface area (Å²) in [4.78, 5) is 11.8. The molecule has 2 rings (SSSR count). The maximum absolute atomic E-state index is 11.8. The zero-order valence-electron chi connectivity index (χ0n) is 12.4. The Labute approximate surface area is 124 Å². The van der Waals surface area contributed by atoms with E-state index in [2.05, 4.69) is 15.4 Å². The second-order valence-corrected chi connectivity index (χ2v) is 5.53. The van der Waals surface area contributed by atoms with Gasteiger partial charge in [-0.2, -0.15) is 5.11 Å². The third kappa shape index (κ3) is 3.74. The molecule has 1 aromatic carbocycles. The van der Waals surface area contributed by atoms with Crippen molar-refractivity contribution in [3.05, 3.63) is 35.9 Å². The molecule has 0 fully saturated rings. The Morgan fingerprint density at radius 1 is 1.33 bits per heavy atom. The van der Waals surface area contributed by atoms with Gasteiger partial charge < -0.3 is 5.11 Å². The minimum Gasteiger partial charge on any atom is -0.481 e. The maximum Gasteiger partial charge on any atom is 0.307 e. The number of hydrogen-bond acceptors (Lipinski definition) is 4. The van der Waals surface area contributed by atoms with Gasteiger partial charge in [0.25, 0.3) is 0 Å². The number of carboxylic acid groups (broad SMARTS) is 1. The number of carboxylic acids is 1. The highest BCUT2D eigenvalue weighted by molar-refractivity contribution is 5.93. The van der Waals surface area contributed by atoms with E-state index in [1.54, 1.807) is 0 Å². The largest absolute Gasteiger partial charge is 0.481 e. The average Bonchev–Trinajstić information content (AvgIpc) is 3.01. The van der Waals surface area contributed by atoms with Gasteiger partial charge in [-0.3, -0.25) is 4.79 Å². The predicted molar refractivity (Wildman–Crippen MR) is 81.4 cm³/mol. The Balaban J connectivity index is 2.28. The van der Waals surface area contributed by atoms with Crippen LogP contribution >= 0.6 is 0 Å². The Morgan fingerprint density at radius 3 is 2.57 bits per heavy atom. The molecule has 21 heavy (non-hydrogen) atoms. The highest BCUT2D eigenvalue weighted by Gasteiger charge is 2.36. The lowest BCUT2D eigenvalue weighted by Crippen LogP contribution is -2.36. The van der Waals surface area contributed by atoms with Gasteiger partial charge in [0.05, 0.1) is 11.6 Å². The second-order valence-electron chi connectivity index (χ2n) is 5.53. The van der Waals surface area contributed by atoms with E-state index >= 15 is 0 Å². The lowest BCUT2D eigenvalue weighted by Gasteiger charge is -2.28. The van der Waals surface area contributed by atoms with Crippen molar-refractivity contribution in [2.75, 3.05) is 6.54 Å². The fraction of sp³-hybridized carbons (Fsp3) is 0.500. The molecule has 1 aromatic rings. The minimum absolute atomic E-state index is 0.0829. The Kier molecular flexibility index (Phi) is 5.20. The number of hydrogen-bond donors (Lipinski definition) is 1. The maximum atomic E-state index is 11.8. The number of aliphatic carboxylic acids is 1. The normalized spacial score (nSPS) is 18.1. The zero-order valence-corrected chi connectivity index (χ0v) is 12.4. The summed E-state index contributed by atoms with van der Waals surface area (Å²) in [5, 5.41) is 21.3. The molecule has 1 heterocycles. The first-order chi connectivity index (χ1) is 10.1. The van der Waals surface area contributed by atoms with E-state index in [-0.39, 0.29) is 11.8 Å². The van der Waals surface area contributed by atoms with Crippen LogP contribution in [0.4, 0.5) is 0 Å². The van der Waals surface area contributed by atoms with Crippen molar-refractivity contribution in [2.24, 2.45) is 33.2 Å². The van der Waals surface area contributed by atoms with Crippen LogP contribution in [0.3, 0.4) is 0 Å². The Morgan fingerprint density at radius 2 is 2.05 bits per heavy atom. The fourth-order valence-corrected chi connectivity index (χ4v) is 2.80. The van der Waals surface area contributed by atoms with Gasteiger partial charge in [-0.25, -0.2) is 0 Å². The molecule has 0 bridgehead atoms. The summed E-state index contributed by atoms with van der Waals surface area (Å²) in [6.07, 6.45) is 1.48. The van der Waals surface area contributed by atoms with E-state index in [0.717, 1.165) is 17.7 Å². The summed E-state index contributed by atoms with van der Waals surface area (Å²) in [5.74, 6) is -1.30. The number of carbonyl (C=O) groups is 1. The van der Waals surface area contributed by atoms with Gasteiger partial charge in [0.2, 0.25) is 0 Å². The molecule has 0 radical (unpaired) electrons. The quantitative estimate of drug-likeness (QED) is 0.834. The number of rotatable bonds is 7. The molecule has 1 aliphatic heterocycles. The topological polar surface area (TPSA) is 74.4 Å². The summed E-state index contributed by atoms with van der Waals surface area (Å²) in [6.45, 7) is 4.42. The van der Waals surface area contributed by atoms with Crippen LogP contribution in [-0.2, 0) is 11.2 Å². The molecule has 1 N–H and O–H groups in total. The van der Waals surface area contributed by atoms with E-state index < -0.39 is 11.9 Å². The molecule has 0 aromatic heterocycles. The summed E-state index contributed by atoms with van der Waals surface area (Å²) in [7, 11) is 0. The van der Waals surface area contributed by atoms with E-state index in [1.807, 2.05) is 44.2 Å². The molecule has 3 atom stereocenters. The molecule has 0 amide bonds. The van der Waals surface area contributed by atoms with Gasteiger partial charge in [0, 0.05) is 5.92 Å². The van der Waals surface area contributed by atoms with Gasteiger partial charge in [0.1, 0.15) is 6.54 Å². The van der Waals surface area contributed by atoms with Gasteiger partial charge in [-0.1, -0.05) is 50.6 Å². The van der Waals surface area contributed by atoms with Crippen molar-refractivity contribution in [3.8, 4) is 0 Å². The third-order valence-electron chi connectivity index (χ3n) is 4.17. The lowest BCUT2D eigenvalue weighted by molar-refractivity contribution is -0.144. The van der Waals surface area contributed by atoms with E-state index in [4.69, 9.17) is 0 Å². The number of nitrogens with zero attached hydrogens (tertiary/aromatic N) is 3. The summed E-state index contributed by atoms with van der Waals surface area (Å²) in [5.41, 5.74) is 1.90. The van der Waals surface area contributed by atoms with Crippen LogP contribution in [0.15, 0.2) is 45.8 Å². The summed E-state index contributed by atoms with van der Waals surface area (Å²) >= 11 is 0.